The Morgan fingerprint density at radius 2 is 2.24 bits per heavy atom. The van der Waals surface area contributed by atoms with E-state index in [-0.39, 0.29) is 12.0 Å². The first kappa shape index (κ1) is 16.2. The fraction of sp³-hybridized carbons (Fsp3) is 0.562. The maximum Gasteiger partial charge on any atom is 0.315 e. The number of carbonyl (C=O) groups excluding carboxylic acids is 1. The van der Waals surface area contributed by atoms with E-state index < -0.39 is 0 Å². The van der Waals surface area contributed by atoms with Crippen molar-refractivity contribution >= 4 is 17.7 Å². The third-order valence-corrected chi connectivity index (χ3v) is 4.89. The van der Waals surface area contributed by atoms with Crippen LogP contribution >= 0.6 is 11.8 Å². The van der Waals surface area contributed by atoms with Crippen LogP contribution in [-0.4, -0.2) is 37.2 Å². The van der Waals surface area contributed by atoms with Crippen molar-refractivity contribution in [3.05, 3.63) is 29.3 Å². The van der Waals surface area contributed by atoms with E-state index in [9.17, 15) is 4.79 Å². The second-order valence-corrected chi connectivity index (χ2v) is 6.19. The highest BCUT2D eigenvalue weighted by Gasteiger charge is 2.33. The van der Waals surface area contributed by atoms with E-state index in [0.717, 1.165) is 18.7 Å². The summed E-state index contributed by atoms with van der Waals surface area (Å²) in [6.07, 6.45) is 0.973. The van der Waals surface area contributed by atoms with Crippen molar-refractivity contribution in [2.45, 2.75) is 31.6 Å². The summed E-state index contributed by atoms with van der Waals surface area (Å²) in [4.78, 5) is 11.6. The SMILES string of the molecule is CCNC1c2cc(OC)ccc2CC1SCC(=O)OCC. The fourth-order valence-electron chi connectivity index (χ4n) is 2.70. The van der Waals surface area contributed by atoms with E-state index in [2.05, 4.69) is 24.4 Å². The third-order valence-electron chi connectivity index (χ3n) is 3.63. The molecule has 0 amide bonds. The zero-order valence-electron chi connectivity index (χ0n) is 12.8. The molecule has 0 heterocycles. The number of methoxy groups -OCH3 is 1. The maximum atomic E-state index is 11.6. The van der Waals surface area contributed by atoms with E-state index in [1.165, 1.54) is 11.1 Å². The van der Waals surface area contributed by atoms with Gasteiger partial charge in [0.05, 0.1) is 19.5 Å². The Morgan fingerprint density at radius 3 is 2.90 bits per heavy atom. The zero-order valence-corrected chi connectivity index (χ0v) is 13.7. The lowest BCUT2D eigenvalue weighted by Gasteiger charge is -2.20. The van der Waals surface area contributed by atoms with Crippen LogP contribution in [0.5, 0.6) is 5.75 Å². The molecular weight excluding hydrogens is 286 g/mol. The zero-order chi connectivity index (χ0) is 15.2. The summed E-state index contributed by atoms with van der Waals surface area (Å²) >= 11 is 1.67. The molecule has 0 bridgehead atoms. The molecule has 1 aromatic rings. The van der Waals surface area contributed by atoms with Gasteiger partial charge in [-0.15, -0.1) is 11.8 Å². The topological polar surface area (TPSA) is 47.6 Å². The van der Waals surface area contributed by atoms with Gasteiger partial charge in [0.25, 0.3) is 0 Å². The lowest BCUT2D eigenvalue weighted by molar-refractivity contribution is -0.139. The van der Waals surface area contributed by atoms with Crippen LogP contribution in [0.3, 0.4) is 0 Å². The summed E-state index contributed by atoms with van der Waals surface area (Å²) in [5.74, 6) is 1.16. The minimum absolute atomic E-state index is 0.133. The van der Waals surface area contributed by atoms with E-state index in [4.69, 9.17) is 9.47 Å². The molecule has 0 saturated carbocycles. The van der Waals surface area contributed by atoms with Crippen LogP contribution in [0.2, 0.25) is 0 Å². The van der Waals surface area contributed by atoms with Crippen LogP contribution in [0.1, 0.15) is 31.0 Å². The smallest absolute Gasteiger partial charge is 0.315 e. The summed E-state index contributed by atoms with van der Waals surface area (Å²) in [5, 5.41) is 3.89. The number of ether oxygens (including phenoxy) is 2. The quantitative estimate of drug-likeness (QED) is 0.785. The Morgan fingerprint density at radius 1 is 1.43 bits per heavy atom. The standard InChI is InChI=1S/C16H23NO3S/c1-4-17-16-13-9-12(19-3)7-6-11(13)8-14(16)21-10-15(18)20-5-2/h6-7,9,14,16-17H,4-5,8,10H2,1-3H3. The van der Waals surface area contributed by atoms with Crippen LogP contribution < -0.4 is 10.1 Å². The second-order valence-electron chi connectivity index (χ2n) is 4.96. The van der Waals surface area contributed by atoms with Crippen molar-refractivity contribution in [2.75, 3.05) is 26.0 Å². The van der Waals surface area contributed by atoms with Gasteiger partial charge >= 0.3 is 5.97 Å². The summed E-state index contributed by atoms with van der Waals surface area (Å²) in [6, 6.07) is 6.50. The van der Waals surface area contributed by atoms with E-state index in [1.807, 2.05) is 13.0 Å². The van der Waals surface area contributed by atoms with Crippen LogP contribution in [-0.2, 0) is 16.0 Å². The lowest BCUT2D eigenvalue weighted by atomic mass is 10.1. The first-order valence-electron chi connectivity index (χ1n) is 7.37. The Kier molecular flexibility index (Phi) is 5.94. The summed E-state index contributed by atoms with van der Waals surface area (Å²) in [5.41, 5.74) is 2.63. The maximum absolute atomic E-state index is 11.6. The molecule has 0 aliphatic heterocycles. The number of hydrogen-bond donors (Lipinski definition) is 1. The van der Waals surface area contributed by atoms with Crippen molar-refractivity contribution < 1.29 is 14.3 Å². The molecule has 0 aromatic heterocycles. The molecule has 0 radical (unpaired) electrons. The Hall–Kier alpha value is -1.20. The van der Waals surface area contributed by atoms with E-state index in [0.29, 0.717) is 17.6 Å². The van der Waals surface area contributed by atoms with Crippen LogP contribution in [0.4, 0.5) is 0 Å². The van der Waals surface area contributed by atoms with Crippen molar-refractivity contribution in [1.29, 1.82) is 0 Å². The number of nitrogens with one attached hydrogen (secondary N) is 1. The van der Waals surface area contributed by atoms with Crippen molar-refractivity contribution in [3.63, 3.8) is 0 Å². The minimum atomic E-state index is -0.133. The molecule has 116 valence electrons. The first-order valence-corrected chi connectivity index (χ1v) is 8.41. The van der Waals surface area contributed by atoms with Crippen molar-refractivity contribution in [3.8, 4) is 5.75 Å². The number of rotatable bonds is 7. The molecule has 5 heteroatoms. The second kappa shape index (κ2) is 7.71. The minimum Gasteiger partial charge on any atom is -0.497 e. The van der Waals surface area contributed by atoms with Gasteiger partial charge in [0.2, 0.25) is 0 Å². The first-order chi connectivity index (χ1) is 10.2. The average molecular weight is 309 g/mol. The summed E-state index contributed by atoms with van der Waals surface area (Å²) in [6.45, 7) is 5.28. The van der Waals surface area contributed by atoms with Crippen molar-refractivity contribution in [1.82, 2.24) is 5.32 Å². The molecule has 4 nitrogen and oxygen atoms in total. The molecule has 1 aliphatic rings. The van der Waals surface area contributed by atoms with Gasteiger partial charge in [-0.3, -0.25) is 4.79 Å². The van der Waals surface area contributed by atoms with Gasteiger partial charge in [0, 0.05) is 11.3 Å². The van der Waals surface area contributed by atoms with Crippen LogP contribution in [0.25, 0.3) is 0 Å². The Bertz CT molecular complexity index is 492. The molecule has 2 atom stereocenters. The van der Waals surface area contributed by atoms with Gasteiger partial charge < -0.3 is 14.8 Å². The molecule has 21 heavy (non-hydrogen) atoms. The predicted molar refractivity (Wildman–Crippen MR) is 86.0 cm³/mol. The number of thioether (sulfide) groups is 1. The predicted octanol–water partition coefficient (Wildman–Crippen LogP) is 2.57. The monoisotopic (exact) mass is 309 g/mol. The van der Waals surface area contributed by atoms with Gasteiger partial charge in [-0.05, 0) is 43.1 Å². The highest BCUT2D eigenvalue weighted by Crippen LogP contribution is 2.40. The highest BCUT2D eigenvalue weighted by atomic mass is 32.2. The molecule has 1 N–H and O–H groups in total. The molecule has 2 unspecified atom stereocenters. The lowest BCUT2D eigenvalue weighted by Crippen LogP contribution is -2.27. The molecular formula is C16H23NO3S. The van der Waals surface area contributed by atoms with Gasteiger partial charge in [0.15, 0.2) is 0 Å². The normalized spacial score (nSPS) is 20.1. The van der Waals surface area contributed by atoms with Gasteiger partial charge in [0.1, 0.15) is 5.75 Å². The number of fused-ring (bicyclic) bond motifs is 1. The Labute approximate surface area is 130 Å². The molecule has 2 rings (SSSR count). The molecule has 0 fully saturated rings. The third kappa shape index (κ3) is 3.92. The van der Waals surface area contributed by atoms with E-state index >= 15 is 0 Å². The van der Waals surface area contributed by atoms with Crippen LogP contribution in [0, 0.1) is 0 Å². The highest BCUT2D eigenvalue weighted by molar-refractivity contribution is 8.00. The number of esters is 1. The number of benzene rings is 1. The fourth-order valence-corrected chi connectivity index (χ4v) is 3.87. The van der Waals surface area contributed by atoms with Gasteiger partial charge in [-0.1, -0.05) is 13.0 Å². The Balaban J connectivity index is 2.08. The van der Waals surface area contributed by atoms with E-state index in [1.54, 1.807) is 18.9 Å². The average Bonchev–Trinajstić information content (AvgIpc) is 2.83. The summed E-state index contributed by atoms with van der Waals surface area (Å²) < 4.78 is 10.3. The number of carbonyl (C=O) groups is 1. The molecule has 1 aliphatic carbocycles. The number of hydrogen-bond acceptors (Lipinski definition) is 5. The van der Waals surface area contributed by atoms with Gasteiger partial charge in [-0.25, -0.2) is 0 Å². The van der Waals surface area contributed by atoms with Gasteiger partial charge in [-0.2, -0.15) is 0 Å². The van der Waals surface area contributed by atoms with Crippen molar-refractivity contribution in [2.24, 2.45) is 0 Å². The molecule has 0 saturated heterocycles. The summed E-state index contributed by atoms with van der Waals surface area (Å²) in [7, 11) is 1.69. The largest absolute Gasteiger partial charge is 0.497 e. The van der Waals surface area contributed by atoms with Crippen LogP contribution in [0.15, 0.2) is 18.2 Å². The molecule has 1 aromatic carbocycles. The molecule has 0 spiro atoms.